The highest BCUT2D eigenvalue weighted by Crippen LogP contribution is 2.28. The van der Waals surface area contributed by atoms with Gasteiger partial charge in [-0.2, -0.15) is 0 Å². The van der Waals surface area contributed by atoms with Crippen LogP contribution in [-0.2, 0) is 16.0 Å². The zero-order valence-electron chi connectivity index (χ0n) is 11.1. The fourth-order valence-electron chi connectivity index (χ4n) is 1.64. The summed E-state index contributed by atoms with van der Waals surface area (Å²) in [7, 11) is 4.82. The zero-order chi connectivity index (χ0) is 13.4. The SMILES string of the molecule is COCC(CNCc1cccc(OC)c1O)OC. The van der Waals surface area contributed by atoms with E-state index in [-0.39, 0.29) is 11.9 Å². The Hall–Kier alpha value is -1.30. The van der Waals surface area contributed by atoms with Crippen LogP contribution in [0.2, 0.25) is 0 Å². The molecule has 5 heteroatoms. The number of ether oxygens (including phenoxy) is 3. The second-order valence-corrected chi connectivity index (χ2v) is 3.91. The highest BCUT2D eigenvalue weighted by molar-refractivity contribution is 5.45. The lowest BCUT2D eigenvalue weighted by Gasteiger charge is -2.15. The monoisotopic (exact) mass is 255 g/mol. The molecule has 0 radical (unpaired) electrons. The Morgan fingerprint density at radius 1 is 1.28 bits per heavy atom. The number of para-hydroxylation sites is 1. The Morgan fingerprint density at radius 2 is 2.06 bits per heavy atom. The molecule has 0 saturated carbocycles. The van der Waals surface area contributed by atoms with E-state index < -0.39 is 0 Å². The van der Waals surface area contributed by atoms with Crippen LogP contribution in [0, 0.1) is 0 Å². The van der Waals surface area contributed by atoms with Gasteiger partial charge in [0.1, 0.15) is 0 Å². The lowest BCUT2D eigenvalue weighted by Crippen LogP contribution is -2.31. The average molecular weight is 255 g/mol. The van der Waals surface area contributed by atoms with Gasteiger partial charge in [-0.25, -0.2) is 0 Å². The van der Waals surface area contributed by atoms with Crippen LogP contribution in [0.25, 0.3) is 0 Å². The molecule has 0 bridgehead atoms. The predicted molar refractivity (Wildman–Crippen MR) is 69.0 cm³/mol. The highest BCUT2D eigenvalue weighted by Gasteiger charge is 2.09. The van der Waals surface area contributed by atoms with Crippen molar-refractivity contribution in [2.45, 2.75) is 12.6 Å². The van der Waals surface area contributed by atoms with Gasteiger partial charge in [-0.15, -0.1) is 0 Å². The summed E-state index contributed by atoms with van der Waals surface area (Å²) in [5, 5.41) is 13.1. The molecule has 0 saturated heterocycles. The van der Waals surface area contributed by atoms with E-state index in [0.717, 1.165) is 5.56 Å². The van der Waals surface area contributed by atoms with Crippen molar-refractivity contribution in [3.05, 3.63) is 23.8 Å². The number of phenols is 1. The van der Waals surface area contributed by atoms with Crippen molar-refractivity contribution in [2.75, 3.05) is 34.5 Å². The van der Waals surface area contributed by atoms with E-state index >= 15 is 0 Å². The fraction of sp³-hybridized carbons (Fsp3) is 0.538. The molecule has 0 aliphatic heterocycles. The van der Waals surface area contributed by atoms with Crippen molar-refractivity contribution in [3.8, 4) is 11.5 Å². The number of hydrogen-bond acceptors (Lipinski definition) is 5. The molecule has 18 heavy (non-hydrogen) atoms. The molecular formula is C13H21NO4. The van der Waals surface area contributed by atoms with E-state index in [1.54, 1.807) is 20.3 Å². The molecule has 0 spiro atoms. The molecule has 1 aromatic carbocycles. The van der Waals surface area contributed by atoms with Crippen molar-refractivity contribution in [3.63, 3.8) is 0 Å². The van der Waals surface area contributed by atoms with Gasteiger partial charge in [0.15, 0.2) is 11.5 Å². The van der Waals surface area contributed by atoms with Crippen LogP contribution in [0.15, 0.2) is 18.2 Å². The molecule has 5 nitrogen and oxygen atoms in total. The molecule has 0 fully saturated rings. The van der Waals surface area contributed by atoms with Crippen molar-refractivity contribution >= 4 is 0 Å². The first-order valence-electron chi connectivity index (χ1n) is 5.80. The molecule has 2 N–H and O–H groups in total. The quantitative estimate of drug-likeness (QED) is 0.730. The summed E-state index contributed by atoms with van der Waals surface area (Å²) in [5.74, 6) is 0.655. The summed E-state index contributed by atoms with van der Waals surface area (Å²) < 4.78 is 15.3. The zero-order valence-corrected chi connectivity index (χ0v) is 11.1. The van der Waals surface area contributed by atoms with E-state index in [2.05, 4.69) is 5.32 Å². The van der Waals surface area contributed by atoms with Crippen LogP contribution in [0.3, 0.4) is 0 Å². The van der Waals surface area contributed by atoms with Crippen LogP contribution >= 0.6 is 0 Å². The highest BCUT2D eigenvalue weighted by atomic mass is 16.5. The minimum absolute atomic E-state index is 0.00255. The number of nitrogens with one attached hydrogen (secondary N) is 1. The molecule has 1 aromatic rings. The standard InChI is InChI=1S/C13H21NO4/c1-16-9-11(17-2)8-14-7-10-5-4-6-12(18-3)13(10)15/h4-6,11,14-15H,7-9H2,1-3H3. The van der Waals surface area contributed by atoms with Gasteiger partial charge in [-0.3, -0.25) is 0 Å². The first-order chi connectivity index (χ1) is 8.72. The number of benzene rings is 1. The van der Waals surface area contributed by atoms with E-state index in [4.69, 9.17) is 14.2 Å². The third-order valence-electron chi connectivity index (χ3n) is 2.68. The maximum atomic E-state index is 9.89. The summed E-state index contributed by atoms with van der Waals surface area (Å²) in [6, 6.07) is 5.42. The number of aromatic hydroxyl groups is 1. The smallest absolute Gasteiger partial charge is 0.162 e. The average Bonchev–Trinajstić information content (AvgIpc) is 2.39. The summed E-state index contributed by atoms with van der Waals surface area (Å²) >= 11 is 0. The number of hydrogen-bond donors (Lipinski definition) is 2. The van der Waals surface area contributed by atoms with Gasteiger partial charge in [0, 0.05) is 32.9 Å². The molecule has 0 aliphatic carbocycles. The summed E-state index contributed by atoms with van der Waals surface area (Å²) in [5.41, 5.74) is 0.793. The minimum atomic E-state index is 0.00255. The number of phenolic OH excluding ortho intramolecular Hbond substituents is 1. The van der Waals surface area contributed by atoms with Crippen molar-refractivity contribution in [2.24, 2.45) is 0 Å². The first kappa shape index (κ1) is 14.8. The van der Waals surface area contributed by atoms with E-state index in [0.29, 0.717) is 25.4 Å². The maximum Gasteiger partial charge on any atom is 0.162 e. The molecule has 1 rings (SSSR count). The summed E-state index contributed by atoms with van der Waals surface area (Å²) in [4.78, 5) is 0. The van der Waals surface area contributed by atoms with E-state index in [1.165, 1.54) is 7.11 Å². The largest absolute Gasteiger partial charge is 0.504 e. The van der Waals surface area contributed by atoms with Crippen molar-refractivity contribution < 1.29 is 19.3 Å². The lowest BCUT2D eigenvalue weighted by molar-refractivity contribution is 0.0287. The van der Waals surface area contributed by atoms with Gasteiger partial charge < -0.3 is 24.6 Å². The second kappa shape index (κ2) is 7.92. The molecule has 1 unspecified atom stereocenters. The molecule has 1 atom stereocenters. The van der Waals surface area contributed by atoms with Crippen LogP contribution in [0.5, 0.6) is 11.5 Å². The van der Waals surface area contributed by atoms with Gasteiger partial charge in [-0.05, 0) is 6.07 Å². The maximum absolute atomic E-state index is 9.89. The lowest BCUT2D eigenvalue weighted by atomic mass is 10.2. The van der Waals surface area contributed by atoms with Gasteiger partial charge >= 0.3 is 0 Å². The van der Waals surface area contributed by atoms with Gasteiger partial charge in [0.05, 0.1) is 19.8 Å². The van der Waals surface area contributed by atoms with Crippen LogP contribution in [0.4, 0.5) is 0 Å². The molecular weight excluding hydrogens is 234 g/mol. The number of rotatable bonds is 8. The van der Waals surface area contributed by atoms with Crippen LogP contribution in [0.1, 0.15) is 5.56 Å². The summed E-state index contributed by atoms with van der Waals surface area (Å²) in [6.07, 6.45) is 0.00255. The van der Waals surface area contributed by atoms with E-state index in [1.807, 2.05) is 12.1 Å². The van der Waals surface area contributed by atoms with Crippen molar-refractivity contribution in [1.82, 2.24) is 5.32 Å². The molecule has 0 aliphatic rings. The second-order valence-electron chi connectivity index (χ2n) is 3.91. The predicted octanol–water partition coefficient (Wildman–Crippen LogP) is 1.15. The summed E-state index contributed by atoms with van der Waals surface area (Å²) in [6.45, 7) is 1.74. The topological polar surface area (TPSA) is 60.0 Å². The normalized spacial score (nSPS) is 12.4. The van der Waals surface area contributed by atoms with Gasteiger partial charge in [-0.1, -0.05) is 12.1 Å². The Bertz CT molecular complexity index is 357. The van der Waals surface area contributed by atoms with Crippen molar-refractivity contribution in [1.29, 1.82) is 0 Å². The Morgan fingerprint density at radius 3 is 2.67 bits per heavy atom. The molecule has 0 aromatic heterocycles. The first-order valence-corrected chi connectivity index (χ1v) is 5.80. The Labute approximate surface area is 108 Å². The van der Waals surface area contributed by atoms with Gasteiger partial charge in [0.25, 0.3) is 0 Å². The van der Waals surface area contributed by atoms with Crippen LogP contribution in [-0.4, -0.2) is 45.7 Å². The Kier molecular flexibility index (Phi) is 6.49. The number of methoxy groups -OCH3 is 3. The van der Waals surface area contributed by atoms with Crippen LogP contribution < -0.4 is 10.1 Å². The molecule has 102 valence electrons. The minimum Gasteiger partial charge on any atom is -0.504 e. The van der Waals surface area contributed by atoms with E-state index in [9.17, 15) is 5.11 Å². The third kappa shape index (κ3) is 4.18. The molecule has 0 heterocycles. The third-order valence-corrected chi connectivity index (χ3v) is 2.68. The fourth-order valence-corrected chi connectivity index (χ4v) is 1.64. The molecule has 0 amide bonds. The Balaban J connectivity index is 2.48. The van der Waals surface area contributed by atoms with Gasteiger partial charge in [0.2, 0.25) is 0 Å².